The van der Waals surface area contributed by atoms with Crippen LogP contribution in [0.25, 0.3) is 0 Å². The van der Waals surface area contributed by atoms with Crippen LogP contribution < -0.4 is 4.74 Å². The quantitative estimate of drug-likeness (QED) is 0.906. The van der Waals surface area contributed by atoms with Gasteiger partial charge in [0.1, 0.15) is 11.3 Å². The molecule has 1 saturated heterocycles. The van der Waals surface area contributed by atoms with Gasteiger partial charge in [0.2, 0.25) is 0 Å². The van der Waals surface area contributed by atoms with Crippen LogP contribution in [-0.2, 0) is 9.53 Å². The number of ether oxygens (including phenoxy) is 2. The number of morpholine rings is 1. The summed E-state index contributed by atoms with van der Waals surface area (Å²) in [4.78, 5) is 25.0. The SMILES string of the molecule is Cc1cccc(C(=O)O)c1OCC(=O)N1CCOC(C)C1. The summed E-state index contributed by atoms with van der Waals surface area (Å²) in [6.07, 6.45) is 0.00995. The van der Waals surface area contributed by atoms with E-state index in [1.807, 2.05) is 6.92 Å². The lowest BCUT2D eigenvalue weighted by molar-refractivity contribution is -0.140. The Kier molecular flexibility index (Phi) is 4.80. The third-order valence-electron chi connectivity index (χ3n) is 3.38. The van der Waals surface area contributed by atoms with E-state index >= 15 is 0 Å². The monoisotopic (exact) mass is 293 g/mol. The Hall–Kier alpha value is -2.08. The molecule has 0 aromatic heterocycles. The van der Waals surface area contributed by atoms with Crippen LogP contribution in [0.4, 0.5) is 0 Å². The van der Waals surface area contributed by atoms with Crippen molar-refractivity contribution < 1.29 is 24.2 Å². The highest BCUT2D eigenvalue weighted by atomic mass is 16.5. The molecule has 1 aliphatic rings. The fourth-order valence-corrected chi connectivity index (χ4v) is 2.28. The zero-order chi connectivity index (χ0) is 15.4. The predicted octanol–water partition coefficient (Wildman–Crippen LogP) is 1.32. The van der Waals surface area contributed by atoms with E-state index in [0.29, 0.717) is 25.3 Å². The van der Waals surface area contributed by atoms with Gasteiger partial charge in [-0.25, -0.2) is 4.79 Å². The van der Waals surface area contributed by atoms with Crippen LogP contribution in [0.15, 0.2) is 18.2 Å². The van der Waals surface area contributed by atoms with Crippen molar-refractivity contribution in [1.82, 2.24) is 4.90 Å². The van der Waals surface area contributed by atoms with E-state index in [9.17, 15) is 9.59 Å². The van der Waals surface area contributed by atoms with Gasteiger partial charge in [-0.2, -0.15) is 0 Å². The maximum atomic E-state index is 12.1. The third-order valence-corrected chi connectivity index (χ3v) is 3.38. The van der Waals surface area contributed by atoms with Gasteiger partial charge >= 0.3 is 5.97 Å². The number of rotatable bonds is 4. The van der Waals surface area contributed by atoms with Crippen LogP contribution in [-0.4, -0.2) is 54.3 Å². The van der Waals surface area contributed by atoms with Gasteiger partial charge in [-0.3, -0.25) is 4.79 Å². The number of carbonyl (C=O) groups is 2. The Morgan fingerprint density at radius 3 is 2.90 bits per heavy atom. The average molecular weight is 293 g/mol. The maximum Gasteiger partial charge on any atom is 0.339 e. The van der Waals surface area contributed by atoms with Crippen molar-refractivity contribution in [2.75, 3.05) is 26.3 Å². The Bertz CT molecular complexity index is 543. The third kappa shape index (κ3) is 3.72. The van der Waals surface area contributed by atoms with E-state index in [1.165, 1.54) is 6.07 Å². The number of hydrogen-bond acceptors (Lipinski definition) is 4. The first-order valence-electron chi connectivity index (χ1n) is 6.84. The van der Waals surface area contributed by atoms with Gasteiger partial charge in [0.15, 0.2) is 6.61 Å². The van der Waals surface area contributed by atoms with E-state index in [2.05, 4.69) is 0 Å². The van der Waals surface area contributed by atoms with Crippen LogP contribution in [0.1, 0.15) is 22.8 Å². The van der Waals surface area contributed by atoms with Crippen molar-refractivity contribution in [2.24, 2.45) is 0 Å². The minimum absolute atomic E-state index is 0.00995. The first kappa shape index (κ1) is 15.3. The summed E-state index contributed by atoms with van der Waals surface area (Å²) in [5.74, 6) is -0.981. The standard InChI is InChI=1S/C15H19NO5/c1-10-4-3-5-12(15(18)19)14(10)21-9-13(17)16-6-7-20-11(2)8-16/h3-5,11H,6-9H2,1-2H3,(H,18,19). The summed E-state index contributed by atoms with van der Waals surface area (Å²) in [5.41, 5.74) is 0.760. The highest BCUT2D eigenvalue weighted by molar-refractivity contribution is 5.91. The zero-order valence-electron chi connectivity index (χ0n) is 12.2. The molecule has 1 aliphatic heterocycles. The Morgan fingerprint density at radius 1 is 1.48 bits per heavy atom. The first-order chi connectivity index (χ1) is 9.99. The van der Waals surface area contributed by atoms with Crippen molar-refractivity contribution in [3.63, 3.8) is 0 Å². The van der Waals surface area contributed by atoms with Gasteiger partial charge in [0, 0.05) is 13.1 Å². The summed E-state index contributed by atoms with van der Waals surface area (Å²) in [7, 11) is 0. The summed E-state index contributed by atoms with van der Waals surface area (Å²) in [6, 6.07) is 4.87. The zero-order valence-corrected chi connectivity index (χ0v) is 12.2. The van der Waals surface area contributed by atoms with E-state index in [1.54, 1.807) is 24.0 Å². The van der Waals surface area contributed by atoms with Gasteiger partial charge in [-0.1, -0.05) is 12.1 Å². The molecule has 1 atom stereocenters. The Balaban J connectivity index is 2.03. The molecular weight excluding hydrogens is 274 g/mol. The maximum absolute atomic E-state index is 12.1. The molecule has 1 aromatic rings. The van der Waals surface area contributed by atoms with Crippen molar-refractivity contribution in [1.29, 1.82) is 0 Å². The van der Waals surface area contributed by atoms with Gasteiger partial charge in [0.25, 0.3) is 5.91 Å². The van der Waals surface area contributed by atoms with Gasteiger partial charge in [0.05, 0.1) is 12.7 Å². The highest BCUT2D eigenvalue weighted by Crippen LogP contribution is 2.23. The molecule has 21 heavy (non-hydrogen) atoms. The smallest absolute Gasteiger partial charge is 0.339 e. The summed E-state index contributed by atoms with van der Waals surface area (Å²) in [5, 5.41) is 9.15. The number of carboxylic acid groups (broad SMARTS) is 1. The van der Waals surface area contributed by atoms with E-state index < -0.39 is 5.97 Å². The molecule has 1 amide bonds. The number of carbonyl (C=O) groups excluding carboxylic acids is 1. The van der Waals surface area contributed by atoms with Crippen LogP contribution >= 0.6 is 0 Å². The summed E-state index contributed by atoms with van der Waals surface area (Å²) in [6.45, 7) is 5.07. The molecule has 6 nitrogen and oxygen atoms in total. The van der Waals surface area contributed by atoms with Gasteiger partial charge in [-0.05, 0) is 25.5 Å². The molecule has 6 heteroatoms. The highest BCUT2D eigenvalue weighted by Gasteiger charge is 2.22. The van der Waals surface area contributed by atoms with Crippen LogP contribution in [0.2, 0.25) is 0 Å². The van der Waals surface area contributed by atoms with Crippen molar-refractivity contribution in [3.8, 4) is 5.75 Å². The lowest BCUT2D eigenvalue weighted by Gasteiger charge is -2.31. The number of hydrogen-bond donors (Lipinski definition) is 1. The summed E-state index contributed by atoms with van der Waals surface area (Å²) < 4.78 is 10.8. The second-order valence-corrected chi connectivity index (χ2v) is 5.07. The second kappa shape index (κ2) is 6.58. The minimum Gasteiger partial charge on any atom is -0.483 e. The molecule has 1 N–H and O–H groups in total. The number of para-hydroxylation sites is 1. The summed E-state index contributed by atoms with van der Waals surface area (Å²) >= 11 is 0. The van der Waals surface area contributed by atoms with E-state index in [-0.39, 0.29) is 29.9 Å². The predicted molar refractivity (Wildman–Crippen MR) is 75.6 cm³/mol. The fourth-order valence-electron chi connectivity index (χ4n) is 2.28. The molecule has 1 unspecified atom stereocenters. The van der Waals surface area contributed by atoms with Crippen molar-refractivity contribution >= 4 is 11.9 Å². The van der Waals surface area contributed by atoms with Crippen molar-refractivity contribution in [3.05, 3.63) is 29.3 Å². The Labute approximate surface area is 123 Å². The van der Waals surface area contributed by atoms with E-state index in [4.69, 9.17) is 14.6 Å². The number of aryl methyl sites for hydroxylation is 1. The number of aromatic carboxylic acids is 1. The molecular formula is C15H19NO5. The molecule has 1 fully saturated rings. The van der Waals surface area contributed by atoms with Gasteiger partial charge < -0.3 is 19.5 Å². The largest absolute Gasteiger partial charge is 0.483 e. The number of carboxylic acids is 1. The van der Waals surface area contributed by atoms with Crippen LogP contribution in [0, 0.1) is 6.92 Å². The molecule has 2 rings (SSSR count). The van der Waals surface area contributed by atoms with E-state index in [0.717, 1.165) is 0 Å². The van der Waals surface area contributed by atoms with Crippen LogP contribution in [0.3, 0.4) is 0 Å². The molecule has 0 spiro atoms. The normalized spacial score (nSPS) is 18.4. The van der Waals surface area contributed by atoms with Gasteiger partial charge in [-0.15, -0.1) is 0 Å². The molecule has 1 aromatic carbocycles. The number of amides is 1. The average Bonchev–Trinajstić information content (AvgIpc) is 2.45. The lowest BCUT2D eigenvalue weighted by Crippen LogP contribution is -2.46. The lowest BCUT2D eigenvalue weighted by atomic mass is 10.1. The Morgan fingerprint density at radius 2 is 2.24 bits per heavy atom. The topological polar surface area (TPSA) is 76.1 Å². The molecule has 1 heterocycles. The number of nitrogens with zero attached hydrogens (tertiary/aromatic N) is 1. The number of benzene rings is 1. The van der Waals surface area contributed by atoms with Crippen molar-refractivity contribution in [2.45, 2.75) is 20.0 Å². The molecule has 0 radical (unpaired) electrons. The fraction of sp³-hybridized carbons (Fsp3) is 0.467. The molecule has 0 saturated carbocycles. The molecule has 114 valence electrons. The molecule has 0 aliphatic carbocycles. The second-order valence-electron chi connectivity index (χ2n) is 5.07. The molecule has 0 bridgehead atoms. The first-order valence-corrected chi connectivity index (χ1v) is 6.84. The minimum atomic E-state index is -1.07. The van der Waals surface area contributed by atoms with Crippen LogP contribution in [0.5, 0.6) is 5.75 Å².